The number of para-hydroxylation sites is 3. The summed E-state index contributed by atoms with van der Waals surface area (Å²) in [5.41, 5.74) is 24.7. The van der Waals surface area contributed by atoms with Crippen LogP contribution in [0.5, 0.6) is 17.2 Å². The van der Waals surface area contributed by atoms with Gasteiger partial charge in [-0.05, 0) is 148 Å². The molecule has 3 aliphatic carbocycles. The molecule has 3 saturated heterocycles. The number of primary amides is 3. The molecule has 0 unspecified atom stereocenters. The highest BCUT2D eigenvalue weighted by Gasteiger charge is 2.64. The van der Waals surface area contributed by atoms with Crippen LogP contribution in [0, 0.1) is 51.5 Å². The van der Waals surface area contributed by atoms with Crippen LogP contribution >= 0.6 is 0 Å². The molecule has 6 aromatic carbocycles. The molecule has 108 heavy (non-hydrogen) atoms. The van der Waals surface area contributed by atoms with Crippen LogP contribution in [0.2, 0.25) is 0 Å². The van der Waals surface area contributed by atoms with Crippen molar-refractivity contribution in [2.45, 2.75) is 71.2 Å². The number of morpholine rings is 1. The Morgan fingerprint density at radius 3 is 1.06 bits per heavy atom. The van der Waals surface area contributed by atoms with Crippen molar-refractivity contribution in [3.05, 3.63) is 196 Å². The number of nitrogens with two attached hydrogens (primary N) is 3. The monoisotopic (exact) mass is 1480 g/mol. The zero-order chi connectivity index (χ0) is 76.0. The number of nitrogens with zero attached hydrogens (tertiary/aromatic N) is 7. The standard InChI is InChI=1S/C27H30FN5O4.C26H27FN4O5.C26H27FN4O4/c1-32-8-10-33(11-9-32)24-13-18(19-4-2-3-5-22(19)30-24)16-37-23-7-6-17(12-21(23)28)14-27(26(29)35)15-20(27)25(34)31-36;27-20-11-16(13-26(25(28)33)14-19(26)24(32)30-34)5-6-22(20)36-15-17-12-23(31-7-9-35-10-8-31)29-21-4-2-1-3-18(17)21;27-20-11-16(13-26(25(28)33)14-19(26)24(32)30-34)7-8-22(20)35-15-17-12-23(31-9-3-4-10-31)29-21-6-2-1-5-18(17)21/h2-7,12-13,20,36H,8-11,14-16H2,1H3,(H2,29,35)(H,31,34);1-6,11-12,19,34H,7-10,13-15H2,(H2,28,33)(H,30,32);1-2,5-8,11-12,19,34H,3-4,9-10,13-15H2,(H2,28,33)(H,30,32)/t20-,27+;2*19-,26+/m111/s1. The Labute approximate surface area is 619 Å². The molecule has 0 bridgehead atoms. The van der Waals surface area contributed by atoms with Crippen LogP contribution in [-0.2, 0) is 72.6 Å². The fraction of sp³-hybridized carbons (Fsp3) is 0.354. The smallest absolute Gasteiger partial charge is 0.247 e. The molecule has 6 aliphatic rings. The number of nitrogens with one attached hydrogen (secondary N) is 3. The fourth-order valence-electron chi connectivity index (χ4n) is 15.0. The lowest BCUT2D eigenvalue weighted by atomic mass is 9.92. The zero-order valence-electron chi connectivity index (χ0n) is 59.4. The van der Waals surface area contributed by atoms with Crippen LogP contribution in [0.4, 0.5) is 30.6 Å². The van der Waals surface area contributed by atoms with E-state index < -0.39 is 86.9 Å². The van der Waals surface area contributed by atoms with E-state index >= 15 is 4.39 Å². The summed E-state index contributed by atoms with van der Waals surface area (Å²) >= 11 is 0. The number of anilines is 3. The summed E-state index contributed by atoms with van der Waals surface area (Å²) in [5, 5.41) is 29.5. The Morgan fingerprint density at radius 1 is 0.444 bits per heavy atom. The summed E-state index contributed by atoms with van der Waals surface area (Å²) in [5.74, 6) is -5.02. The van der Waals surface area contributed by atoms with Gasteiger partial charge in [0, 0.05) is 85.2 Å². The first-order chi connectivity index (χ1) is 52.1. The van der Waals surface area contributed by atoms with Crippen molar-refractivity contribution in [3.8, 4) is 17.2 Å². The maximum Gasteiger partial charge on any atom is 0.247 e. The summed E-state index contributed by atoms with van der Waals surface area (Å²) in [6.07, 6.45) is 3.20. The summed E-state index contributed by atoms with van der Waals surface area (Å²) in [6, 6.07) is 42.8. The van der Waals surface area contributed by atoms with E-state index in [1.807, 2.05) is 91.0 Å². The molecule has 9 aromatic rings. The van der Waals surface area contributed by atoms with Crippen LogP contribution in [0.25, 0.3) is 32.7 Å². The molecule has 6 heterocycles. The molecule has 3 saturated carbocycles. The number of likely N-dealkylation sites (N-methyl/N-ethyl adjacent to an activating group) is 1. The number of rotatable bonds is 24. The molecule has 12 N–H and O–H groups in total. The number of carbonyl (C=O) groups is 6. The number of ether oxygens (including phenoxy) is 4. The number of piperazine rings is 1. The van der Waals surface area contributed by atoms with Gasteiger partial charge in [-0.15, -0.1) is 0 Å². The first kappa shape index (κ1) is 75.0. The van der Waals surface area contributed by atoms with E-state index in [0.29, 0.717) is 29.9 Å². The Bertz CT molecular complexity index is 4910. The summed E-state index contributed by atoms with van der Waals surface area (Å²) < 4.78 is 68.0. The lowest BCUT2D eigenvalue weighted by Gasteiger charge is -2.33. The van der Waals surface area contributed by atoms with Crippen molar-refractivity contribution in [2.24, 2.45) is 51.2 Å². The average molecular weight is 1480 g/mol. The largest absolute Gasteiger partial charge is 0.486 e. The minimum atomic E-state index is -1.13. The third-order valence-electron chi connectivity index (χ3n) is 21.6. The summed E-state index contributed by atoms with van der Waals surface area (Å²) in [4.78, 5) is 94.7. The van der Waals surface area contributed by atoms with E-state index in [1.54, 1.807) is 34.6 Å². The Kier molecular flexibility index (Phi) is 22.3. The topological polar surface area (TPSA) is 366 Å². The van der Waals surface area contributed by atoms with E-state index in [2.05, 4.69) is 26.6 Å². The van der Waals surface area contributed by atoms with Crippen LogP contribution in [0.3, 0.4) is 0 Å². The molecule has 564 valence electrons. The molecular weight excluding hydrogens is 1400 g/mol. The minimum absolute atomic E-state index is 0.0705. The number of halogens is 3. The second-order valence-corrected chi connectivity index (χ2v) is 28.5. The van der Waals surface area contributed by atoms with E-state index in [-0.39, 0.29) is 75.6 Å². The highest BCUT2D eigenvalue weighted by molar-refractivity contribution is 5.97. The Hall–Kier alpha value is -11.2. The molecule has 6 atom stereocenters. The van der Waals surface area contributed by atoms with Crippen molar-refractivity contribution in [1.82, 2.24) is 36.3 Å². The maximum atomic E-state index is 15.0. The Morgan fingerprint density at radius 2 is 0.750 bits per heavy atom. The zero-order valence-corrected chi connectivity index (χ0v) is 59.4. The van der Waals surface area contributed by atoms with Gasteiger partial charge >= 0.3 is 0 Å². The number of hydrogen-bond acceptors (Lipinski definition) is 20. The normalized spacial score (nSPS) is 21.4. The lowest BCUT2D eigenvalue weighted by molar-refractivity contribution is -0.134. The minimum Gasteiger partial charge on any atom is -0.486 e. The van der Waals surface area contributed by atoms with E-state index in [0.717, 1.165) is 132 Å². The molecule has 6 amide bonds. The van der Waals surface area contributed by atoms with Gasteiger partial charge in [0.2, 0.25) is 35.4 Å². The highest BCUT2D eigenvalue weighted by atomic mass is 19.1. The number of amides is 6. The fourth-order valence-corrected chi connectivity index (χ4v) is 15.0. The van der Waals surface area contributed by atoms with Gasteiger partial charge in [-0.2, -0.15) is 0 Å². The van der Waals surface area contributed by atoms with Crippen LogP contribution < -0.4 is 62.6 Å². The van der Waals surface area contributed by atoms with Gasteiger partial charge in [0.1, 0.15) is 37.3 Å². The first-order valence-electron chi connectivity index (χ1n) is 35.8. The predicted molar refractivity (Wildman–Crippen MR) is 392 cm³/mol. The second-order valence-electron chi connectivity index (χ2n) is 28.5. The first-order valence-corrected chi connectivity index (χ1v) is 35.8. The van der Waals surface area contributed by atoms with E-state index in [9.17, 15) is 37.5 Å². The third kappa shape index (κ3) is 16.2. The average Bonchev–Trinajstić information content (AvgIpc) is 1.58. The summed E-state index contributed by atoms with van der Waals surface area (Å²) in [7, 11) is 2.10. The van der Waals surface area contributed by atoms with Crippen LogP contribution in [-0.4, -0.2) is 144 Å². The van der Waals surface area contributed by atoms with Crippen LogP contribution in [0.1, 0.15) is 65.5 Å². The van der Waals surface area contributed by atoms with Crippen molar-refractivity contribution in [1.29, 1.82) is 0 Å². The van der Waals surface area contributed by atoms with Gasteiger partial charge < -0.3 is 55.7 Å². The number of carbonyl (C=O) groups excluding carboxylic acids is 6. The third-order valence-corrected chi connectivity index (χ3v) is 21.6. The van der Waals surface area contributed by atoms with Crippen molar-refractivity contribution in [3.63, 3.8) is 0 Å². The molecule has 29 heteroatoms. The number of pyridine rings is 3. The molecule has 0 spiro atoms. The van der Waals surface area contributed by atoms with Crippen molar-refractivity contribution < 1.29 is 76.5 Å². The van der Waals surface area contributed by atoms with Crippen molar-refractivity contribution >= 4 is 85.6 Å². The molecule has 15 rings (SSSR count). The molecule has 6 fully saturated rings. The van der Waals surface area contributed by atoms with Gasteiger partial charge in [0.15, 0.2) is 34.7 Å². The molecule has 3 aromatic heterocycles. The molecule has 0 radical (unpaired) electrons. The van der Waals surface area contributed by atoms with Gasteiger partial charge in [0.25, 0.3) is 0 Å². The number of benzene rings is 6. The van der Waals surface area contributed by atoms with E-state index in [1.165, 1.54) is 36.4 Å². The molecule has 26 nitrogen and oxygen atoms in total. The molecule has 3 aliphatic heterocycles. The number of hydrogen-bond donors (Lipinski definition) is 9. The van der Waals surface area contributed by atoms with Gasteiger partial charge in [0.05, 0.1) is 63.8 Å². The van der Waals surface area contributed by atoms with Crippen molar-refractivity contribution in [2.75, 3.05) is 87.3 Å². The van der Waals surface area contributed by atoms with Crippen LogP contribution in [0.15, 0.2) is 146 Å². The predicted octanol–water partition coefficient (Wildman–Crippen LogP) is 7.67. The quantitative estimate of drug-likeness (QED) is 0.0207. The van der Waals surface area contributed by atoms with E-state index in [4.69, 9.17) is 66.7 Å². The van der Waals surface area contributed by atoms with Gasteiger partial charge in [-0.3, -0.25) is 44.4 Å². The highest BCUT2D eigenvalue weighted by Crippen LogP contribution is 2.57. The maximum absolute atomic E-state index is 15.0. The lowest BCUT2D eigenvalue weighted by Crippen LogP contribution is -2.44. The number of hydroxylamine groups is 3. The number of fused-ring (bicyclic) bond motifs is 3. The Balaban J connectivity index is 0.000000143. The summed E-state index contributed by atoms with van der Waals surface area (Å²) in [6.45, 7) is 8.85. The van der Waals surface area contributed by atoms with Gasteiger partial charge in [-0.25, -0.2) is 44.6 Å². The second kappa shape index (κ2) is 32.1. The SMILES string of the molecule is CN1CCN(c2cc(COc3ccc(C[C@]4(C(N)=O)C[C@@H]4C(=O)NO)cc3F)c3ccccc3n2)CC1.NC(=O)[C@@]1(Cc2ccc(OCc3cc(N4CCCC4)nc4ccccc34)c(F)c2)C[C@@H]1C(=O)NO.NC(=O)[C@@]1(Cc2ccc(OCc3cc(N4CCOCC4)nc4ccccc34)c(F)c2)C[C@@H]1C(=O)NO. The molecular formula is C79H84F3N13O13. The van der Waals surface area contributed by atoms with Gasteiger partial charge in [-0.1, -0.05) is 72.8 Å². The number of aromatic nitrogens is 3.